The molecule has 0 saturated heterocycles. The summed E-state index contributed by atoms with van der Waals surface area (Å²) in [7, 11) is 1.55. The van der Waals surface area contributed by atoms with E-state index in [9.17, 15) is 9.59 Å². The molecular weight excluding hydrogens is 678 g/mol. The van der Waals surface area contributed by atoms with Crippen LogP contribution in [-0.4, -0.2) is 24.3 Å². The highest BCUT2D eigenvalue weighted by atomic mass is 79.9. The van der Waals surface area contributed by atoms with E-state index < -0.39 is 12.0 Å². The van der Waals surface area contributed by atoms with E-state index in [1.807, 2.05) is 78.9 Å². The second-order valence-corrected chi connectivity index (χ2v) is 12.3. The van der Waals surface area contributed by atoms with Crippen LogP contribution in [0.4, 0.5) is 0 Å². The quantitative estimate of drug-likeness (QED) is 0.170. The molecule has 1 aliphatic rings. The second-order valence-electron chi connectivity index (χ2n) is 10.5. The first kappa shape index (κ1) is 31.7. The van der Waals surface area contributed by atoms with E-state index in [0.29, 0.717) is 47.7 Å². The summed E-state index contributed by atoms with van der Waals surface area (Å²) in [6, 6.07) is 31.1. The number of ether oxygens (including phenoxy) is 3. The summed E-state index contributed by atoms with van der Waals surface area (Å²) < 4.78 is 19.9. The van der Waals surface area contributed by atoms with Gasteiger partial charge in [-0.1, -0.05) is 84.1 Å². The van der Waals surface area contributed by atoms with E-state index in [-0.39, 0.29) is 18.8 Å². The molecule has 4 aromatic carbocycles. The van der Waals surface area contributed by atoms with Crippen LogP contribution in [0.15, 0.2) is 117 Å². The smallest absolute Gasteiger partial charge is 0.338 e. The molecule has 1 aliphatic heterocycles. The van der Waals surface area contributed by atoms with Crippen molar-refractivity contribution in [3.63, 3.8) is 0 Å². The first-order chi connectivity index (χ1) is 22.9. The number of thiazole rings is 1. The third-order valence-electron chi connectivity index (χ3n) is 7.50. The Morgan fingerprint density at radius 2 is 1.74 bits per heavy atom. The fourth-order valence-corrected chi connectivity index (χ4v) is 6.91. The topological polar surface area (TPSA) is 103 Å². The van der Waals surface area contributed by atoms with Crippen LogP contribution in [0.1, 0.15) is 40.8 Å². The number of hydrogen-bond acceptors (Lipinski definition) is 8. The van der Waals surface area contributed by atoms with Crippen LogP contribution in [0, 0.1) is 11.3 Å². The maximum atomic E-state index is 14.2. The molecule has 5 aromatic rings. The molecule has 8 nitrogen and oxygen atoms in total. The zero-order chi connectivity index (χ0) is 32.9. The van der Waals surface area contributed by atoms with Gasteiger partial charge in [-0.15, -0.1) is 0 Å². The largest absolute Gasteiger partial charge is 0.493 e. The predicted molar refractivity (Wildman–Crippen MR) is 184 cm³/mol. The highest BCUT2D eigenvalue weighted by molar-refractivity contribution is 9.10. The van der Waals surface area contributed by atoms with Crippen molar-refractivity contribution >= 4 is 45.0 Å². The number of carbonyl (C=O) groups excluding carboxylic acids is 1. The van der Waals surface area contributed by atoms with Gasteiger partial charge >= 0.3 is 5.97 Å². The monoisotopic (exact) mass is 705 g/mol. The van der Waals surface area contributed by atoms with Crippen LogP contribution in [0.25, 0.3) is 11.8 Å². The summed E-state index contributed by atoms with van der Waals surface area (Å²) in [5.41, 5.74) is 4.18. The van der Waals surface area contributed by atoms with Gasteiger partial charge in [-0.2, -0.15) is 5.26 Å². The normalized spacial score (nSPS) is 14.2. The van der Waals surface area contributed by atoms with Gasteiger partial charge in [0.25, 0.3) is 5.56 Å². The summed E-state index contributed by atoms with van der Waals surface area (Å²) in [5, 5.41) is 9.06. The molecule has 47 heavy (non-hydrogen) atoms. The molecule has 6 rings (SSSR count). The number of benzene rings is 4. The molecule has 0 bridgehead atoms. The number of rotatable bonds is 9. The Bertz CT molecular complexity index is 2200. The zero-order valence-electron chi connectivity index (χ0n) is 25.5. The number of nitriles is 1. The third-order valence-corrected chi connectivity index (χ3v) is 9.08. The number of hydrogen-bond donors (Lipinski definition) is 0. The molecule has 234 valence electrons. The Morgan fingerprint density at radius 1 is 1.04 bits per heavy atom. The lowest BCUT2D eigenvalue weighted by Crippen LogP contribution is -2.39. The van der Waals surface area contributed by atoms with Crippen LogP contribution >= 0.6 is 27.3 Å². The number of halogens is 1. The average molecular weight is 707 g/mol. The highest BCUT2D eigenvalue weighted by Crippen LogP contribution is 2.38. The molecule has 0 aliphatic carbocycles. The maximum absolute atomic E-state index is 14.2. The van der Waals surface area contributed by atoms with Gasteiger partial charge in [0, 0.05) is 5.56 Å². The van der Waals surface area contributed by atoms with Gasteiger partial charge < -0.3 is 14.2 Å². The number of carbonyl (C=O) groups is 1. The summed E-state index contributed by atoms with van der Waals surface area (Å²) in [4.78, 5) is 33.2. The molecule has 1 atom stereocenters. The fraction of sp³-hybridized carbons (Fsp3) is 0.135. The van der Waals surface area contributed by atoms with Crippen molar-refractivity contribution in [1.82, 2.24) is 4.57 Å². The summed E-state index contributed by atoms with van der Waals surface area (Å²) in [6.45, 7) is 2.20. The zero-order valence-corrected chi connectivity index (χ0v) is 27.9. The Labute approximate surface area is 283 Å². The van der Waals surface area contributed by atoms with Crippen LogP contribution < -0.4 is 24.4 Å². The van der Waals surface area contributed by atoms with Crippen LogP contribution in [0.5, 0.6) is 11.5 Å². The molecule has 0 amide bonds. The molecule has 10 heteroatoms. The minimum Gasteiger partial charge on any atom is -0.493 e. The summed E-state index contributed by atoms with van der Waals surface area (Å²) in [5.74, 6) is 0.458. The molecule has 0 saturated carbocycles. The van der Waals surface area contributed by atoms with Crippen LogP contribution in [-0.2, 0) is 16.1 Å². The van der Waals surface area contributed by atoms with Gasteiger partial charge in [0.1, 0.15) is 6.61 Å². The Morgan fingerprint density at radius 3 is 2.40 bits per heavy atom. The molecule has 0 fully saturated rings. The maximum Gasteiger partial charge on any atom is 0.338 e. The Hall–Kier alpha value is -5.24. The number of fused-ring (bicyclic) bond motifs is 1. The molecule has 0 spiro atoms. The van der Waals surface area contributed by atoms with E-state index in [1.165, 1.54) is 11.3 Å². The van der Waals surface area contributed by atoms with Crippen molar-refractivity contribution in [2.75, 3.05) is 13.7 Å². The Balaban J connectivity index is 1.46. The predicted octanol–water partition coefficient (Wildman–Crippen LogP) is 6.16. The van der Waals surface area contributed by atoms with Gasteiger partial charge in [-0.3, -0.25) is 9.36 Å². The van der Waals surface area contributed by atoms with E-state index in [2.05, 4.69) is 22.0 Å². The first-order valence-corrected chi connectivity index (χ1v) is 16.4. The minimum atomic E-state index is -0.747. The van der Waals surface area contributed by atoms with E-state index in [1.54, 1.807) is 42.9 Å². The number of aromatic nitrogens is 1. The molecule has 0 radical (unpaired) electrons. The highest BCUT2D eigenvalue weighted by Gasteiger charge is 2.35. The SMILES string of the molecule is CCOC(=O)C1=C(c2ccccc2)N=c2s/c(=C\c3cc(Br)c(OCc4ccc(C#N)cc4)c(OC)c3)c(=O)n2[C@@H]1c1ccccc1. The molecule has 1 aromatic heterocycles. The van der Waals surface area contributed by atoms with Gasteiger partial charge in [-0.25, -0.2) is 9.79 Å². The van der Waals surface area contributed by atoms with E-state index >= 15 is 0 Å². The van der Waals surface area contributed by atoms with Crippen molar-refractivity contribution < 1.29 is 19.0 Å². The Kier molecular flexibility index (Phi) is 9.47. The van der Waals surface area contributed by atoms with Crippen molar-refractivity contribution in [3.05, 3.63) is 155 Å². The van der Waals surface area contributed by atoms with Gasteiger partial charge in [0.2, 0.25) is 0 Å². The average Bonchev–Trinajstić information content (AvgIpc) is 3.41. The van der Waals surface area contributed by atoms with Crippen molar-refractivity contribution in [2.45, 2.75) is 19.6 Å². The number of nitrogens with zero attached hydrogens (tertiary/aromatic N) is 3. The summed E-state index contributed by atoms with van der Waals surface area (Å²) >= 11 is 4.86. The molecule has 0 unspecified atom stereocenters. The molecule has 0 N–H and O–H groups in total. The fourth-order valence-electron chi connectivity index (χ4n) is 5.34. The van der Waals surface area contributed by atoms with Crippen LogP contribution in [0.2, 0.25) is 0 Å². The van der Waals surface area contributed by atoms with E-state index in [0.717, 1.165) is 16.7 Å². The lowest BCUT2D eigenvalue weighted by Gasteiger charge is -2.25. The van der Waals surface area contributed by atoms with Crippen molar-refractivity contribution in [2.24, 2.45) is 4.99 Å². The van der Waals surface area contributed by atoms with Crippen LogP contribution in [0.3, 0.4) is 0 Å². The van der Waals surface area contributed by atoms with Gasteiger partial charge in [0.05, 0.1) is 51.7 Å². The van der Waals surface area contributed by atoms with E-state index in [4.69, 9.17) is 24.5 Å². The number of esters is 1. The van der Waals surface area contributed by atoms with Crippen molar-refractivity contribution in [1.29, 1.82) is 5.26 Å². The lowest BCUT2D eigenvalue weighted by molar-refractivity contribution is -0.138. The standard InChI is InChI=1S/C37H28BrN3O5S/c1-3-45-36(43)31-32(26-10-6-4-7-11-26)40-37-41(33(31)27-12-8-5-9-13-27)35(42)30(47-37)20-25-18-28(38)34(29(19-25)44-2)46-22-24-16-14-23(21-39)15-17-24/h4-20,33H,3,22H2,1-2H3/b30-20-/t33-/m1/s1. The molecular formula is C37H28BrN3O5S. The van der Waals surface area contributed by atoms with Crippen molar-refractivity contribution in [3.8, 4) is 17.6 Å². The second kappa shape index (κ2) is 14.0. The molecule has 2 heterocycles. The lowest BCUT2D eigenvalue weighted by atomic mass is 9.93. The van der Waals surface area contributed by atoms with Gasteiger partial charge in [-0.05, 0) is 69.9 Å². The first-order valence-electron chi connectivity index (χ1n) is 14.7. The summed E-state index contributed by atoms with van der Waals surface area (Å²) in [6.07, 6.45) is 1.78. The number of methoxy groups -OCH3 is 1. The van der Waals surface area contributed by atoms with Gasteiger partial charge in [0.15, 0.2) is 16.3 Å². The third kappa shape index (κ3) is 6.54. The minimum absolute atomic E-state index is 0.181.